The molecule has 0 bridgehead atoms. The molecule has 1 rings (SSSR count). The molecule has 9 heteroatoms. The van der Waals surface area contributed by atoms with Crippen molar-refractivity contribution in [2.45, 2.75) is 0 Å². The van der Waals surface area contributed by atoms with Gasteiger partial charge in [-0.15, -0.1) is 0 Å². The molecule has 0 aliphatic carbocycles. The third-order valence-electron chi connectivity index (χ3n) is 2.92. The molecule has 0 radical (unpaired) electrons. The van der Waals surface area contributed by atoms with E-state index in [-0.39, 0.29) is 37.6 Å². The summed E-state index contributed by atoms with van der Waals surface area (Å²) in [6.07, 6.45) is 4.91. The van der Waals surface area contributed by atoms with Gasteiger partial charge in [0.1, 0.15) is 44.6 Å². The summed E-state index contributed by atoms with van der Waals surface area (Å²) in [5.74, 6) is -2.65. The summed E-state index contributed by atoms with van der Waals surface area (Å²) in [7, 11) is 1.62. The second-order valence-electron chi connectivity index (χ2n) is 4.99. The van der Waals surface area contributed by atoms with Crippen LogP contribution in [0.4, 0.5) is 0 Å². The SMILES string of the molecule is C=CC(=O)OCCOC(=O)c1cc(C(=O)OCCOC(=O)C=C)c[n+](C)c1. The minimum absolute atomic E-state index is 0.111. The highest BCUT2D eigenvalue weighted by Gasteiger charge is 2.18. The molecule has 1 aromatic rings. The maximum atomic E-state index is 12.0. The Kier molecular flexibility index (Phi) is 8.93. The van der Waals surface area contributed by atoms with E-state index in [9.17, 15) is 19.2 Å². The Bertz CT molecular complexity index is 683. The average Bonchev–Trinajstić information content (AvgIpc) is 2.67. The molecule has 0 atom stereocenters. The number of ether oxygens (including phenoxy) is 4. The Morgan fingerprint density at radius 2 is 1.19 bits per heavy atom. The van der Waals surface area contributed by atoms with Gasteiger partial charge in [-0.3, -0.25) is 0 Å². The molecule has 0 aliphatic rings. The Morgan fingerprint density at radius 1 is 0.815 bits per heavy atom. The standard InChI is InChI=1S/C18H20NO8/c1-4-15(20)24-6-8-26-17(22)13-10-14(12-19(3)11-13)18(23)27-9-7-25-16(21)5-2/h4-5,10-12H,1-2,6-9H2,3H3/q+1. The molecule has 1 aromatic heterocycles. The van der Waals surface area contributed by atoms with E-state index in [0.717, 1.165) is 12.2 Å². The Hall–Kier alpha value is -3.49. The number of rotatable bonds is 10. The fourth-order valence-corrected chi connectivity index (χ4v) is 1.78. The lowest BCUT2D eigenvalue weighted by Gasteiger charge is -2.07. The van der Waals surface area contributed by atoms with Gasteiger partial charge >= 0.3 is 23.9 Å². The maximum Gasteiger partial charge on any atom is 0.344 e. The first-order chi connectivity index (χ1) is 12.9. The van der Waals surface area contributed by atoms with Crippen molar-refractivity contribution in [3.63, 3.8) is 0 Å². The minimum atomic E-state index is -0.699. The first kappa shape index (κ1) is 21.6. The third-order valence-corrected chi connectivity index (χ3v) is 2.92. The highest BCUT2D eigenvalue weighted by Crippen LogP contribution is 2.05. The van der Waals surface area contributed by atoms with Crippen LogP contribution in [0.25, 0.3) is 0 Å². The van der Waals surface area contributed by atoms with Gasteiger partial charge in [0.15, 0.2) is 12.4 Å². The minimum Gasteiger partial charge on any atom is -0.459 e. The summed E-state index contributed by atoms with van der Waals surface area (Å²) >= 11 is 0. The average molecular weight is 378 g/mol. The first-order valence-electron chi connectivity index (χ1n) is 7.80. The number of carbonyl (C=O) groups excluding carboxylic acids is 4. The number of pyridine rings is 1. The van der Waals surface area contributed by atoms with Crippen LogP contribution in [-0.2, 0) is 35.6 Å². The van der Waals surface area contributed by atoms with E-state index in [2.05, 4.69) is 22.6 Å². The smallest absolute Gasteiger partial charge is 0.344 e. The van der Waals surface area contributed by atoms with Gasteiger partial charge in [-0.2, -0.15) is 0 Å². The van der Waals surface area contributed by atoms with Gasteiger partial charge in [0.25, 0.3) is 0 Å². The molecule has 0 N–H and O–H groups in total. The quantitative estimate of drug-likeness (QED) is 0.188. The molecule has 0 aromatic carbocycles. The topological polar surface area (TPSA) is 109 Å². The molecule has 0 fully saturated rings. The van der Waals surface area contributed by atoms with Gasteiger partial charge in [-0.1, -0.05) is 13.2 Å². The number of hydrogen-bond donors (Lipinski definition) is 0. The van der Waals surface area contributed by atoms with Crippen molar-refractivity contribution < 1.29 is 42.7 Å². The zero-order chi connectivity index (χ0) is 20.2. The van der Waals surface area contributed by atoms with Crippen LogP contribution in [0.5, 0.6) is 0 Å². The Balaban J connectivity index is 2.59. The van der Waals surface area contributed by atoms with Crippen LogP contribution in [0.1, 0.15) is 20.7 Å². The summed E-state index contributed by atoms with van der Waals surface area (Å²) in [5.41, 5.74) is 0.222. The molecule has 0 spiro atoms. The zero-order valence-electron chi connectivity index (χ0n) is 14.8. The first-order valence-corrected chi connectivity index (χ1v) is 7.80. The second kappa shape index (κ2) is 11.2. The van der Waals surface area contributed by atoms with Crippen molar-refractivity contribution in [3.05, 3.63) is 54.9 Å². The van der Waals surface area contributed by atoms with E-state index >= 15 is 0 Å². The predicted molar refractivity (Wildman–Crippen MR) is 90.5 cm³/mol. The normalized spacial score (nSPS) is 9.67. The van der Waals surface area contributed by atoms with Crippen molar-refractivity contribution in [1.29, 1.82) is 0 Å². The van der Waals surface area contributed by atoms with Gasteiger partial charge in [-0.05, 0) is 6.07 Å². The highest BCUT2D eigenvalue weighted by atomic mass is 16.6. The molecule has 0 unspecified atom stereocenters. The molecular weight excluding hydrogens is 358 g/mol. The van der Waals surface area contributed by atoms with Crippen LogP contribution >= 0.6 is 0 Å². The molecule has 1 heterocycles. The van der Waals surface area contributed by atoms with Gasteiger partial charge in [-0.25, -0.2) is 23.7 Å². The highest BCUT2D eigenvalue weighted by molar-refractivity contribution is 5.94. The summed E-state index contributed by atoms with van der Waals surface area (Å²) < 4.78 is 20.8. The van der Waals surface area contributed by atoms with Gasteiger partial charge < -0.3 is 18.9 Å². The van der Waals surface area contributed by atoms with Crippen LogP contribution in [-0.4, -0.2) is 50.3 Å². The Morgan fingerprint density at radius 3 is 1.56 bits per heavy atom. The van der Waals surface area contributed by atoms with Crippen LogP contribution < -0.4 is 4.57 Å². The monoisotopic (exact) mass is 378 g/mol. The second-order valence-corrected chi connectivity index (χ2v) is 4.99. The van der Waals surface area contributed by atoms with Gasteiger partial charge in [0.05, 0.1) is 0 Å². The van der Waals surface area contributed by atoms with E-state index < -0.39 is 23.9 Å². The molecule has 0 amide bonds. The van der Waals surface area contributed by atoms with E-state index in [0.29, 0.717) is 0 Å². The number of hydrogen-bond acceptors (Lipinski definition) is 8. The largest absolute Gasteiger partial charge is 0.459 e. The lowest BCUT2D eigenvalue weighted by atomic mass is 10.2. The molecule has 144 valence electrons. The molecule has 0 saturated carbocycles. The molecule has 27 heavy (non-hydrogen) atoms. The number of nitrogens with zero attached hydrogens (tertiary/aromatic N) is 1. The number of esters is 4. The lowest BCUT2D eigenvalue weighted by molar-refractivity contribution is -0.671. The predicted octanol–water partition coefficient (Wildman–Crippen LogP) is 0.283. The van der Waals surface area contributed by atoms with Crippen LogP contribution in [0.3, 0.4) is 0 Å². The summed E-state index contributed by atoms with van der Waals surface area (Å²) in [4.78, 5) is 45.8. The van der Waals surface area contributed by atoms with Gasteiger partial charge in [0.2, 0.25) is 0 Å². The fourth-order valence-electron chi connectivity index (χ4n) is 1.78. The van der Waals surface area contributed by atoms with Crippen LogP contribution in [0.2, 0.25) is 0 Å². The number of aromatic nitrogens is 1. The van der Waals surface area contributed by atoms with Crippen molar-refractivity contribution >= 4 is 23.9 Å². The van der Waals surface area contributed by atoms with E-state index in [1.54, 1.807) is 7.05 Å². The molecule has 9 nitrogen and oxygen atoms in total. The molecule has 0 aliphatic heterocycles. The lowest BCUT2D eigenvalue weighted by Crippen LogP contribution is -2.31. The van der Waals surface area contributed by atoms with Gasteiger partial charge in [0, 0.05) is 12.2 Å². The van der Waals surface area contributed by atoms with E-state index in [1.807, 2.05) is 0 Å². The van der Waals surface area contributed by atoms with Crippen molar-refractivity contribution in [3.8, 4) is 0 Å². The summed E-state index contributed by atoms with van der Waals surface area (Å²) in [5, 5.41) is 0. The maximum absolute atomic E-state index is 12.0. The zero-order valence-corrected chi connectivity index (χ0v) is 14.8. The van der Waals surface area contributed by atoms with E-state index in [4.69, 9.17) is 9.47 Å². The summed E-state index contributed by atoms with van der Waals surface area (Å²) in [6, 6.07) is 1.30. The number of carbonyl (C=O) groups is 4. The summed E-state index contributed by atoms with van der Waals surface area (Å²) in [6.45, 7) is 5.95. The van der Waals surface area contributed by atoms with E-state index in [1.165, 1.54) is 23.0 Å². The number of aryl methyl sites for hydroxylation is 1. The Labute approximate surface area is 155 Å². The van der Waals surface area contributed by atoms with Crippen molar-refractivity contribution in [1.82, 2.24) is 0 Å². The van der Waals surface area contributed by atoms with Crippen LogP contribution in [0, 0.1) is 0 Å². The third kappa shape index (κ3) is 7.95. The molecule has 0 saturated heterocycles. The van der Waals surface area contributed by atoms with Crippen molar-refractivity contribution in [2.24, 2.45) is 7.05 Å². The van der Waals surface area contributed by atoms with Crippen LogP contribution in [0.15, 0.2) is 43.8 Å². The van der Waals surface area contributed by atoms with Crippen molar-refractivity contribution in [2.75, 3.05) is 26.4 Å². The fraction of sp³-hybridized carbons (Fsp3) is 0.278. The molecular formula is C18H20NO8+.